The van der Waals surface area contributed by atoms with Gasteiger partial charge in [0.15, 0.2) is 11.5 Å². The zero-order valence-electron chi connectivity index (χ0n) is 20.8. The number of ether oxygens (including phenoxy) is 2. The van der Waals surface area contributed by atoms with Crippen molar-refractivity contribution in [1.82, 2.24) is 5.32 Å². The molecule has 35 heavy (non-hydrogen) atoms. The highest BCUT2D eigenvalue weighted by Crippen LogP contribution is 2.33. The fraction of sp³-hybridized carbons (Fsp3) is 0.310. The summed E-state index contributed by atoms with van der Waals surface area (Å²) in [6, 6.07) is 19.5. The van der Waals surface area contributed by atoms with Gasteiger partial charge in [0.1, 0.15) is 0 Å². The molecule has 0 bridgehead atoms. The van der Waals surface area contributed by atoms with Crippen molar-refractivity contribution in [3.05, 3.63) is 77.4 Å². The predicted octanol–water partition coefficient (Wildman–Crippen LogP) is 5.24. The molecule has 0 unspecified atom stereocenters. The third kappa shape index (κ3) is 5.32. The van der Waals surface area contributed by atoms with Crippen LogP contribution in [0.15, 0.2) is 60.7 Å². The molecular formula is C29H32N2O4. The first-order chi connectivity index (χ1) is 16.9. The summed E-state index contributed by atoms with van der Waals surface area (Å²) in [5.74, 6) is 1.34. The summed E-state index contributed by atoms with van der Waals surface area (Å²) in [4.78, 5) is 27.0. The summed E-state index contributed by atoms with van der Waals surface area (Å²) >= 11 is 0. The van der Waals surface area contributed by atoms with Gasteiger partial charge in [-0.25, -0.2) is 0 Å². The van der Waals surface area contributed by atoms with Crippen molar-refractivity contribution in [3.63, 3.8) is 0 Å². The second kappa shape index (κ2) is 10.6. The Balaban J connectivity index is 1.41. The maximum absolute atomic E-state index is 12.7. The number of nitrogens with one attached hydrogen (secondary N) is 1. The summed E-state index contributed by atoms with van der Waals surface area (Å²) in [5, 5.41) is 2.96. The van der Waals surface area contributed by atoms with Gasteiger partial charge in [-0.1, -0.05) is 38.1 Å². The molecule has 2 amide bonds. The number of anilines is 1. The summed E-state index contributed by atoms with van der Waals surface area (Å²) in [6.07, 6.45) is 0.860. The van der Waals surface area contributed by atoms with Crippen molar-refractivity contribution in [3.8, 4) is 22.6 Å². The van der Waals surface area contributed by atoms with Crippen LogP contribution in [0, 0.1) is 5.92 Å². The fourth-order valence-electron chi connectivity index (χ4n) is 4.32. The molecule has 0 aliphatic carbocycles. The van der Waals surface area contributed by atoms with Crippen molar-refractivity contribution in [2.24, 2.45) is 5.92 Å². The van der Waals surface area contributed by atoms with Gasteiger partial charge in [0, 0.05) is 30.3 Å². The Kier molecular flexibility index (Phi) is 7.39. The van der Waals surface area contributed by atoms with Gasteiger partial charge in [-0.2, -0.15) is 0 Å². The van der Waals surface area contributed by atoms with E-state index in [0.29, 0.717) is 30.2 Å². The van der Waals surface area contributed by atoms with Crippen molar-refractivity contribution in [2.45, 2.75) is 33.7 Å². The van der Waals surface area contributed by atoms with E-state index in [1.54, 1.807) is 7.11 Å². The van der Waals surface area contributed by atoms with Gasteiger partial charge in [-0.15, -0.1) is 0 Å². The van der Waals surface area contributed by atoms with E-state index in [-0.39, 0.29) is 17.7 Å². The normalized spacial score (nSPS) is 12.4. The van der Waals surface area contributed by atoms with Crippen molar-refractivity contribution < 1.29 is 19.1 Å². The summed E-state index contributed by atoms with van der Waals surface area (Å²) < 4.78 is 10.9. The number of carbonyl (C=O) groups excluding carboxylic acids is 2. The van der Waals surface area contributed by atoms with Gasteiger partial charge in [0.25, 0.3) is 5.91 Å². The first-order valence-corrected chi connectivity index (χ1v) is 12.0. The molecule has 1 heterocycles. The lowest BCUT2D eigenvalue weighted by Gasteiger charge is -2.19. The van der Waals surface area contributed by atoms with Gasteiger partial charge in [0.05, 0.1) is 13.7 Å². The Hall–Kier alpha value is -3.80. The third-order valence-corrected chi connectivity index (χ3v) is 6.20. The minimum Gasteiger partial charge on any atom is -0.493 e. The molecular weight excluding hydrogens is 440 g/mol. The molecule has 6 nitrogen and oxygen atoms in total. The molecule has 0 saturated carbocycles. The van der Waals surface area contributed by atoms with Crippen LogP contribution in [0.2, 0.25) is 0 Å². The lowest BCUT2D eigenvalue weighted by atomic mass is 10.0. The highest BCUT2D eigenvalue weighted by molar-refractivity contribution is 5.97. The lowest BCUT2D eigenvalue weighted by Crippen LogP contribution is -2.32. The number of benzene rings is 3. The Morgan fingerprint density at radius 2 is 1.71 bits per heavy atom. The predicted molar refractivity (Wildman–Crippen MR) is 138 cm³/mol. The number of carbonyl (C=O) groups is 2. The van der Waals surface area contributed by atoms with Gasteiger partial charge in [-0.3, -0.25) is 9.59 Å². The van der Waals surface area contributed by atoms with Crippen LogP contribution in [0.4, 0.5) is 5.69 Å². The second-order valence-electron chi connectivity index (χ2n) is 8.92. The van der Waals surface area contributed by atoms with Crippen LogP contribution in [0.3, 0.4) is 0 Å². The molecule has 0 aromatic heterocycles. The average Bonchev–Trinajstić information content (AvgIpc) is 3.30. The van der Waals surface area contributed by atoms with E-state index < -0.39 is 0 Å². The minimum absolute atomic E-state index is 0.0178. The molecule has 1 N–H and O–H groups in total. The molecule has 182 valence electrons. The van der Waals surface area contributed by atoms with E-state index in [0.717, 1.165) is 35.3 Å². The highest BCUT2D eigenvalue weighted by Gasteiger charge is 2.26. The maximum Gasteiger partial charge on any atom is 0.251 e. The topological polar surface area (TPSA) is 67.9 Å². The van der Waals surface area contributed by atoms with Crippen molar-refractivity contribution in [1.29, 1.82) is 0 Å². The molecule has 0 fully saturated rings. The monoisotopic (exact) mass is 472 g/mol. The molecule has 4 rings (SSSR count). The zero-order valence-corrected chi connectivity index (χ0v) is 20.8. The van der Waals surface area contributed by atoms with Crippen LogP contribution >= 0.6 is 0 Å². The van der Waals surface area contributed by atoms with E-state index in [2.05, 4.69) is 11.4 Å². The molecule has 6 heteroatoms. The second-order valence-corrected chi connectivity index (χ2v) is 8.92. The Morgan fingerprint density at radius 3 is 2.40 bits per heavy atom. The number of hydrogen-bond donors (Lipinski definition) is 1. The molecule has 1 aliphatic heterocycles. The summed E-state index contributed by atoms with van der Waals surface area (Å²) in [7, 11) is 1.60. The lowest BCUT2D eigenvalue weighted by molar-refractivity contribution is -0.121. The zero-order chi connectivity index (χ0) is 24.9. The molecule has 0 spiro atoms. The van der Waals surface area contributed by atoms with Crippen LogP contribution in [-0.4, -0.2) is 32.1 Å². The molecule has 1 aliphatic rings. The number of hydrogen-bond acceptors (Lipinski definition) is 4. The molecule has 0 atom stereocenters. The third-order valence-electron chi connectivity index (χ3n) is 6.20. The van der Waals surface area contributed by atoms with Crippen molar-refractivity contribution in [2.75, 3.05) is 25.2 Å². The first kappa shape index (κ1) is 24.3. The van der Waals surface area contributed by atoms with Crippen molar-refractivity contribution >= 4 is 17.5 Å². The Bertz CT molecular complexity index is 1220. The maximum atomic E-state index is 12.7. The number of amides is 2. The molecule has 0 radical (unpaired) electrons. The average molecular weight is 473 g/mol. The van der Waals surface area contributed by atoms with E-state index in [1.807, 2.05) is 80.3 Å². The SMILES string of the molecule is CCOc1ccc(CNC(=O)c2ccc(-c3ccc4c(c3)CCN4C(=O)C(C)C)cc2)cc1OC. The minimum atomic E-state index is -0.138. The van der Waals surface area contributed by atoms with Crippen LogP contribution in [0.5, 0.6) is 11.5 Å². The number of fused-ring (bicyclic) bond motifs is 1. The number of nitrogens with zero attached hydrogens (tertiary/aromatic N) is 1. The van der Waals surface area contributed by atoms with Gasteiger partial charge in [-0.05, 0) is 72.0 Å². The van der Waals surface area contributed by atoms with Crippen LogP contribution in [0.25, 0.3) is 11.1 Å². The molecule has 0 saturated heterocycles. The molecule has 3 aromatic carbocycles. The smallest absolute Gasteiger partial charge is 0.251 e. The van der Waals surface area contributed by atoms with Gasteiger partial charge in [0.2, 0.25) is 5.91 Å². The highest BCUT2D eigenvalue weighted by atomic mass is 16.5. The van der Waals surface area contributed by atoms with Crippen LogP contribution in [-0.2, 0) is 17.8 Å². The summed E-state index contributed by atoms with van der Waals surface area (Å²) in [5.41, 5.74) is 5.84. The Labute approximate surface area is 206 Å². The van der Waals surface area contributed by atoms with E-state index in [9.17, 15) is 9.59 Å². The molecule has 3 aromatic rings. The van der Waals surface area contributed by atoms with Crippen LogP contribution < -0.4 is 19.7 Å². The first-order valence-electron chi connectivity index (χ1n) is 12.0. The van der Waals surface area contributed by atoms with Gasteiger partial charge < -0.3 is 19.7 Å². The van der Waals surface area contributed by atoms with Gasteiger partial charge >= 0.3 is 0 Å². The number of rotatable bonds is 8. The van der Waals surface area contributed by atoms with E-state index in [4.69, 9.17) is 9.47 Å². The fourth-order valence-corrected chi connectivity index (χ4v) is 4.32. The largest absolute Gasteiger partial charge is 0.493 e. The summed E-state index contributed by atoms with van der Waals surface area (Å²) in [6.45, 7) is 7.47. The standard InChI is InChI=1S/C29H32N2O4/c1-5-35-26-13-6-20(16-27(26)34-4)18-30-28(32)22-9-7-21(8-10-22)23-11-12-25-24(17-23)14-15-31(25)29(33)19(2)3/h6-13,16-17,19H,5,14-15,18H2,1-4H3,(H,30,32). The van der Waals surface area contributed by atoms with E-state index >= 15 is 0 Å². The quantitative estimate of drug-likeness (QED) is 0.487. The Morgan fingerprint density at radius 1 is 0.971 bits per heavy atom. The van der Waals surface area contributed by atoms with Crippen LogP contribution in [0.1, 0.15) is 42.3 Å². The van der Waals surface area contributed by atoms with E-state index in [1.165, 1.54) is 5.56 Å². The number of methoxy groups -OCH3 is 1.